The fourth-order valence-electron chi connectivity index (χ4n) is 3.74. The molecule has 0 aliphatic carbocycles. The van der Waals surface area contributed by atoms with E-state index in [2.05, 4.69) is 0 Å². The molecule has 0 fully saturated rings. The third kappa shape index (κ3) is 4.20. The number of esters is 1. The molecular weight excluding hydrogens is 398 g/mol. The van der Waals surface area contributed by atoms with Crippen LogP contribution in [0.3, 0.4) is 0 Å². The summed E-state index contributed by atoms with van der Waals surface area (Å²) in [5.74, 6) is -0.484. The second kappa shape index (κ2) is 8.36. The molecule has 30 heavy (non-hydrogen) atoms. The molecule has 0 unspecified atom stereocenters. The minimum atomic E-state index is -3.89. The summed E-state index contributed by atoms with van der Waals surface area (Å²) >= 11 is 0. The number of carbonyl (C=O) groups excluding carboxylic acids is 1. The summed E-state index contributed by atoms with van der Waals surface area (Å²) in [6, 6.07) is 14.8. The molecule has 1 aliphatic heterocycles. The summed E-state index contributed by atoms with van der Waals surface area (Å²) in [5.41, 5.74) is 1.64. The zero-order valence-electron chi connectivity index (χ0n) is 18.1. The van der Waals surface area contributed by atoms with Gasteiger partial charge in [-0.1, -0.05) is 74.9 Å². The predicted molar refractivity (Wildman–Crippen MR) is 117 cm³/mol. The summed E-state index contributed by atoms with van der Waals surface area (Å²) in [4.78, 5) is 13.1. The highest BCUT2D eigenvalue weighted by Gasteiger charge is 2.49. The summed E-state index contributed by atoms with van der Waals surface area (Å²) in [7, 11) is -3.89. The zero-order chi connectivity index (χ0) is 22.1. The average Bonchev–Trinajstić information content (AvgIpc) is 3.11. The molecule has 3 rings (SSSR count). The second-order valence-corrected chi connectivity index (χ2v) is 10.5. The van der Waals surface area contributed by atoms with Gasteiger partial charge in [0.1, 0.15) is 0 Å². The molecule has 1 aliphatic rings. The van der Waals surface area contributed by atoms with Crippen LogP contribution in [0, 0.1) is 12.3 Å². The maximum atomic E-state index is 13.9. The Morgan fingerprint density at radius 1 is 1.03 bits per heavy atom. The first kappa shape index (κ1) is 22.2. The number of hydrogen-bond donors (Lipinski definition) is 0. The molecule has 1 heterocycles. The van der Waals surface area contributed by atoms with Gasteiger partial charge in [0.05, 0.1) is 23.1 Å². The van der Waals surface area contributed by atoms with Gasteiger partial charge in [0.15, 0.2) is 0 Å². The van der Waals surface area contributed by atoms with E-state index in [4.69, 9.17) is 4.74 Å². The number of sulfonamides is 1. The number of benzene rings is 2. The summed E-state index contributed by atoms with van der Waals surface area (Å²) < 4.78 is 34.5. The standard InChI is InChI=1S/C24H29NO4S/c1-6-29-23(26)20-16-21(24(3,4)5)25(22(20)18-10-8-7-9-11-18)30(27,28)19-14-12-17(2)13-15-19/h7-16,21-22H,6H2,1-5H3/t21-,22-/m0/s1. The van der Waals surface area contributed by atoms with E-state index >= 15 is 0 Å². The van der Waals surface area contributed by atoms with Crippen molar-refractivity contribution in [3.8, 4) is 0 Å². The van der Waals surface area contributed by atoms with Crippen molar-refractivity contribution in [2.24, 2.45) is 5.41 Å². The molecule has 0 spiro atoms. The smallest absolute Gasteiger partial charge is 0.335 e. The van der Waals surface area contributed by atoms with Gasteiger partial charge < -0.3 is 4.74 Å². The van der Waals surface area contributed by atoms with Gasteiger partial charge in [-0.25, -0.2) is 13.2 Å². The Labute approximate surface area is 179 Å². The van der Waals surface area contributed by atoms with Crippen molar-refractivity contribution in [2.75, 3.05) is 6.61 Å². The molecule has 0 N–H and O–H groups in total. The van der Waals surface area contributed by atoms with Gasteiger partial charge in [0.25, 0.3) is 0 Å². The Hall–Kier alpha value is -2.44. The largest absolute Gasteiger partial charge is 0.463 e. The van der Waals surface area contributed by atoms with Crippen LogP contribution in [0.15, 0.2) is 71.1 Å². The molecular formula is C24H29NO4S. The Bertz CT molecular complexity index is 1030. The highest BCUT2D eigenvalue weighted by atomic mass is 32.2. The van der Waals surface area contributed by atoms with Crippen LogP contribution in [0.5, 0.6) is 0 Å². The highest BCUT2D eigenvalue weighted by molar-refractivity contribution is 7.89. The molecule has 2 atom stereocenters. The van der Waals surface area contributed by atoms with Gasteiger partial charge in [-0.2, -0.15) is 4.31 Å². The number of aryl methyl sites for hydroxylation is 1. The van der Waals surface area contributed by atoms with Gasteiger partial charge >= 0.3 is 5.97 Å². The zero-order valence-corrected chi connectivity index (χ0v) is 18.9. The van der Waals surface area contributed by atoms with Crippen molar-refractivity contribution < 1.29 is 17.9 Å². The molecule has 0 amide bonds. The van der Waals surface area contributed by atoms with E-state index in [0.717, 1.165) is 11.1 Å². The van der Waals surface area contributed by atoms with Crippen LogP contribution in [-0.4, -0.2) is 31.3 Å². The maximum absolute atomic E-state index is 13.9. The number of nitrogens with zero attached hydrogens (tertiary/aromatic N) is 1. The van der Waals surface area contributed by atoms with Crippen molar-refractivity contribution in [1.29, 1.82) is 0 Å². The lowest BCUT2D eigenvalue weighted by molar-refractivity contribution is -0.138. The highest BCUT2D eigenvalue weighted by Crippen LogP contribution is 2.46. The van der Waals surface area contributed by atoms with Gasteiger partial charge in [-0.3, -0.25) is 0 Å². The summed E-state index contributed by atoms with van der Waals surface area (Å²) in [6.45, 7) is 9.80. The monoisotopic (exact) mass is 427 g/mol. The maximum Gasteiger partial charge on any atom is 0.335 e. The number of ether oxygens (including phenoxy) is 1. The Balaban J connectivity index is 2.22. The van der Waals surface area contributed by atoms with Gasteiger partial charge in [-0.15, -0.1) is 0 Å². The normalized spacial score (nSPS) is 20.1. The average molecular weight is 428 g/mol. The van der Waals surface area contributed by atoms with Crippen LogP contribution in [0.1, 0.15) is 44.9 Å². The number of rotatable bonds is 5. The molecule has 160 valence electrons. The first-order valence-electron chi connectivity index (χ1n) is 10.1. The van der Waals surface area contributed by atoms with E-state index in [-0.39, 0.29) is 11.5 Å². The van der Waals surface area contributed by atoms with Crippen molar-refractivity contribution >= 4 is 16.0 Å². The number of carbonyl (C=O) groups is 1. The minimum absolute atomic E-state index is 0.210. The van der Waals surface area contributed by atoms with Crippen molar-refractivity contribution in [1.82, 2.24) is 4.31 Å². The lowest BCUT2D eigenvalue weighted by Gasteiger charge is -2.37. The van der Waals surface area contributed by atoms with E-state index in [1.807, 2.05) is 58.0 Å². The van der Waals surface area contributed by atoms with E-state index in [9.17, 15) is 13.2 Å². The quantitative estimate of drug-likeness (QED) is 0.652. The molecule has 0 saturated heterocycles. The SMILES string of the molecule is CCOC(=O)C1=C[C@@H](C(C)(C)C)N(S(=O)(=O)c2ccc(C)cc2)[C@H]1c1ccccc1. The molecule has 2 aromatic carbocycles. The fraction of sp³-hybridized carbons (Fsp3) is 0.375. The Morgan fingerprint density at radius 3 is 2.17 bits per heavy atom. The van der Waals surface area contributed by atoms with E-state index in [1.165, 1.54) is 4.31 Å². The van der Waals surface area contributed by atoms with Gasteiger partial charge in [0.2, 0.25) is 10.0 Å². The Morgan fingerprint density at radius 2 is 1.63 bits per heavy atom. The fourth-order valence-corrected chi connectivity index (χ4v) is 5.65. The van der Waals surface area contributed by atoms with Crippen molar-refractivity contribution in [3.05, 3.63) is 77.4 Å². The molecule has 0 radical (unpaired) electrons. The lowest BCUT2D eigenvalue weighted by atomic mass is 9.87. The first-order valence-corrected chi connectivity index (χ1v) is 11.6. The summed E-state index contributed by atoms with van der Waals surface area (Å²) in [5, 5.41) is 0. The topological polar surface area (TPSA) is 63.7 Å². The van der Waals surface area contributed by atoms with Crippen LogP contribution in [0.2, 0.25) is 0 Å². The summed E-state index contributed by atoms with van der Waals surface area (Å²) in [6.07, 6.45) is 1.77. The number of hydrogen-bond acceptors (Lipinski definition) is 4. The third-order valence-corrected chi connectivity index (χ3v) is 7.13. The van der Waals surface area contributed by atoms with E-state index < -0.39 is 33.5 Å². The van der Waals surface area contributed by atoms with E-state index in [1.54, 1.807) is 37.3 Å². The predicted octanol–water partition coefficient (Wildman–Crippen LogP) is 4.64. The van der Waals surface area contributed by atoms with Gasteiger partial charge in [-0.05, 0) is 37.0 Å². The molecule has 2 aromatic rings. The van der Waals surface area contributed by atoms with Crippen LogP contribution < -0.4 is 0 Å². The molecule has 6 heteroatoms. The van der Waals surface area contributed by atoms with Crippen LogP contribution >= 0.6 is 0 Å². The molecule has 0 aromatic heterocycles. The minimum Gasteiger partial charge on any atom is -0.463 e. The Kier molecular flexibility index (Phi) is 6.20. The van der Waals surface area contributed by atoms with Gasteiger partial charge in [0, 0.05) is 6.04 Å². The lowest BCUT2D eigenvalue weighted by Crippen LogP contribution is -2.45. The second-order valence-electron chi connectivity index (χ2n) is 8.61. The van der Waals surface area contributed by atoms with Crippen molar-refractivity contribution in [3.63, 3.8) is 0 Å². The van der Waals surface area contributed by atoms with Crippen LogP contribution in [-0.2, 0) is 19.6 Å². The van der Waals surface area contributed by atoms with Crippen LogP contribution in [0.25, 0.3) is 0 Å². The first-order chi connectivity index (χ1) is 14.1. The molecule has 0 bridgehead atoms. The van der Waals surface area contributed by atoms with E-state index in [0.29, 0.717) is 5.57 Å². The van der Waals surface area contributed by atoms with Crippen molar-refractivity contribution in [2.45, 2.75) is 51.6 Å². The van der Waals surface area contributed by atoms with Crippen LogP contribution in [0.4, 0.5) is 0 Å². The molecule has 0 saturated carbocycles. The third-order valence-electron chi connectivity index (χ3n) is 5.27. The molecule has 5 nitrogen and oxygen atoms in total.